The number of aryl methyl sites for hydroxylation is 2. The first-order valence-corrected chi connectivity index (χ1v) is 7.91. The van der Waals surface area contributed by atoms with E-state index in [2.05, 4.69) is 28.8 Å². The van der Waals surface area contributed by atoms with Gasteiger partial charge in [-0.05, 0) is 43.0 Å². The molecule has 0 spiro atoms. The predicted octanol–water partition coefficient (Wildman–Crippen LogP) is 3.22. The second kappa shape index (κ2) is 8.83. The lowest BCUT2D eigenvalue weighted by atomic mass is 10.1. The average Bonchev–Trinajstić information content (AvgIpc) is 2.55. The van der Waals surface area contributed by atoms with Gasteiger partial charge in [0.05, 0.1) is 6.54 Å². The Kier molecular flexibility index (Phi) is 6.48. The highest BCUT2D eigenvalue weighted by atomic mass is 16.5. The van der Waals surface area contributed by atoms with Crippen LogP contribution in [-0.2, 0) is 6.42 Å². The van der Waals surface area contributed by atoms with Gasteiger partial charge in [-0.1, -0.05) is 42.5 Å². The van der Waals surface area contributed by atoms with E-state index >= 15 is 0 Å². The highest BCUT2D eigenvalue weighted by Crippen LogP contribution is 2.18. The number of carbonyl (C=O) groups excluding carboxylic acids is 1. The zero-order valence-electron chi connectivity index (χ0n) is 13.8. The predicted molar refractivity (Wildman–Crippen MR) is 93.0 cm³/mol. The van der Waals surface area contributed by atoms with Crippen molar-refractivity contribution < 1.29 is 9.53 Å². The molecule has 2 aromatic carbocycles. The first-order valence-electron chi connectivity index (χ1n) is 7.91. The topological polar surface area (TPSA) is 50.4 Å². The lowest BCUT2D eigenvalue weighted by molar-refractivity contribution is 0.236. The van der Waals surface area contributed by atoms with Crippen LogP contribution in [0.15, 0.2) is 48.5 Å². The summed E-state index contributed by atoms with van der Waals surface area (Å²) in [5, 5.41) is 5.64. The van der Waals surface area contributed by atoms with Crippen molar-refractivity contribution >= 4 is 6.03 Å². The Morgan fingerprint density at radius 3 is 2.52 bits per heavy atom. The van der Waals surface area contributed by atoms with Gasteiger partial charge < -0.3 is 15.4 Å². The summed E-state index contributed by atoms with van der Waals surface area (Å²) in [4.78, 5) is 11.7. The number of hydrogen-bond acceptors (Lipinski definition) is 2. The number of carbonyl (C=O) groups is 1. The maximum atomic E-state index is 11.7. The average molecular weight is 312 g/mol. The van der Waals surface area contributed by atoms with Crippen molar-refractivity contribution in [2.75, 3.05) is 19.7 Å². The maximum Gasteiger partial charge on any atom is 0.314 e. The minimum atomic E-state index is -0.162. The molecule has 0 aromatic heterocycles. The van der Waals surface area contributed by atoms with Crippen LogP contribution in [0.25, 0.3) is 0 Å². The molecule has 2 aromatic rings. The molecular weight excluding hydrogens is 288 g/mol. The van der Waals surface area contributed by atoms with Crippen molar-refractivity contribution in [3.63, 3.8) is 0 Å². The fourth-order valence-electron chi connectivity index (χ4n) is 2.22. The van der Waals surface area contributed by atoms with Gasteiger partial charge in [-0.15, -0.1) is 0 Å². The molecule has 0 saturated heterocycles. The molecular formula is C19H24N2O2. The molecule has 2 amide bonds. The molecule has 4 heteroatoms. The van der Waals surface area contributed by atoms with Crippen LogP contribution in [0.3, 0.4) is 0 Å². The molecule has 122 valence electrons. The molecule has 2 N–H and O–H groups in total. The summed E-state index contributed by atoms with van der Waals surface area (Å²) in [5.74, 6) is 0.872. The number of amides is 2. The van der Waals surface area contributed by atoms with Crippen LogP contribution in [0.5, 0.6) is 5.75 Å². The number of nitrogens with one attached hydrogen (secondary N) is 2. The van der Waals surface area contributed by atoms with Crippen molar-refractivity contribution in [1.82, 2.24) is 10.6 Å². The van der Waals surface area contributed by atoms with Gasteiger partial charge in [0, 0.05) is 6.54 Å². The third-order valence-corrected chi connectivity index (χ3v) is 3.53. The lowest BCUT2D eigenvalue weighted by Gasteiger charge is -2.11. The van der Waals surface area contributed by atoms with E-state index in [0.29, 0.717) is 19.7 Å². The molecule has 0 bridgehead atoms. The van der Waals surface area contributed by atoms with Gasteiger partial charge in [-0.2, -0.15) is 0 Å². The van der Waals surface area contributed by atoms with Crippen molar-refractivity contribution in [2.24, 2.45) is 0 Å². The summed E-state index contributed by atoms with van der Waals surface area (Å²) in [6.07, 6.45) is 0.827. The summed E-state index contributed by atoms with van der Waals surface area (Å²) in [5.41, 5.74) is 3.48. The van der Waals surface area contributed by atoms with E-state index in [1.807, 2.05) is 44.2 Å². The van der Waals surface area contributed by atoms with E-state index in [1.165, 1.54) is 5.56 Å². The van der Waals surface area contributed by atoms with Gasteiger partial charge in [0.15, 0.2) is 0 Å². The third kappa shape index (κ3) is 6.02. The molecule has 23 heavy (non-hydrogen) atoms. The molecule has 0 aliphatic carbocycles. The number of hydrogen-bond donors (Lipinski definition) is 2. The van der Waals surface area contributed by atoms with Gasteiger partial charge in [-0.25, -0.2) is 4.79 Å². The van der Waals surface area contributed by atoms with E-state index in [1.54, 1.807) is 0 Å². The Balaban J connectivity index is 1.60. The Bertz CT molecular complexity index is 627. The van der Waals surface area contributed by atoms with E-state index in [9.17, 15) is 4.79 Å². The van der Waals surface area contributed by atoms with Gasteiger partial charge in [0.25, 0.3) is 0 Å². The normalized spacial score (nSPS) is 10.2. The zero-order valence-corrected chi connectivity index (χ0v) is 13.8. The SMILES string of the molecule is Cc1ccc(C)c(OCCNC(=O)NCCc2ccccc2)c1. The molecule has 0 atom stereocenters. The molecule has 0 radical (unpaired) electrons. The van der Waals surface area contributed by atoms with Crippen LogP contribution in [0.2, 0.25) is 0 Å². The van der Waals surface area contributed by atoms with Crippen LogP contribution in [-0.4, -0.2) is 25.7 Å². The van der Waals surface area contributed by atoms with Crippen LogP contribution < -0.4 is 15.4 Å². The quantitative estimate of drug-likeness (QED) is 0.771. The summed E-state index contributed by atoms with van der Waals surface area (Å²) in [6, 6.07) is 16.0. The minimum Gasteiger partial charge on any atom is -0.491 e. The molecule has 0 aliphatic rings. The van der Waals surface area contributed by atoms with Crippen LogP contribution >= 0.6 is 0 Å². The van der Waals surface area contributed by atoms with Crippen LogP contribution in [0.4, 0.5) is 4.79 Å². The summed E-state index contributed by atoms with van der Waals surface area (Å²) in [7, 11) is 0. The Labute approximate surface area is 137 Å². The highest BCUT2D eigenvalue weighted by molar-refractivity contribution is 5.73. The van der Waals surface area contributed by atoms with E-state index in [4.69, 9.17) is 4.74 Å². The molecule has 0 heterocycles. The fraction of sp³-hybridized carbons (Fsp3) is 0.316. The summed E-state index contributed by atoms with van der Waals surface area (Å²) < 4.78 is 5.70. The Morgan fingerprint density at radius 1 is 1.00 bits per heavy atom. The first-order chi connectivity index (χ1) is 11.1. The standard InChI is InChI=1S/C19H24N2O2/c1-15-8-9-16(2)18(14-15)23-13-12-21-19(22)20-11-10-17-6-4-3-5-7-17/h3-9,14H,10-13H2,1-2H3,(H2,20,21,22). The highest BCUT2D eigenvalue weighted by Gasteiger charge is 2.02. The van der Waals surface area contributed by atoms with Gasteiger partial charge in [0.1, 0.15) is 12.4 Å². The third-order valence-electron chi connectivity index (χ3n) is 3.53. The van der Waals surface area contributed by atoms with Crippen molar-refractivity contribution in [3.05, 3.63) is 65.2 Å². The molecule has 4 nitrogen and oxygen atoms in total. The summed E-state index contributed by atoms with van der Waals surface area (Å²) >= 11 is 0. The maximum absolute atomic E-state index is 11.7. The van der Waals surface area contributed by atoms with E-state index < -0.39 is 0 Å². The van der Waals surface area contributed by atoms with Crippen molar-refractivity contribution in [3.8, 4) is 5.75 Å². The first kappa shape index (κ1) is 16.9. The molecule has 0 aliphatic heterocycles. The summed E-state index contributed by atoms with van der Waals surface area (Å²) in [6.45, 7) is 5.60. The lowest BCUT2D eigenvalue weighted by Crippen LogP contribution is -2.38. The number of urea groups is 1. The smallest absolute Gasteiger partial charge is 0.314 e. The Hall–Kier alpha value is -2.49. The van der Waals surface area contributed by atoms with Gasteiger partial charge >= 0.3 is 6.03 Å². The molecule has 0 fully saturated rings. The minimum absolute atomic E-state index is 0.162. The van der Waals surface area contributed by atoms with E-state index in [0.717, 1.165) is 23.3 Å². The van der Waals surface area contributed by atoms with Crippen molar-refractivity contribution in [1.29, 1.82) is 0 Å². The van der Waals surface area contributed by atoms with Crippen LogP contribution in [0, 0.1) is 13.8 Å². The number of benzene rings is 2. The van der Waals surface area contributed by atoms with E-state index in [-0.39, 0.29) is 6.03 Å². The molecule has 0 unspecified atom stereocenters. The Morgan fingerprint density at radius 2 is 1.74 bits per heavy atom. The molecule has 0 saturated carbocycles. The largest absolute Gasteiger partial charge is 0.491 e. The second-order valence-corrected chi connectivity index (χ2v) is 5.54. The number of rotatable bonds is 7. The number of ether oxygens (including phenoxy) is 1. The van der Waals surface area contributed by atoms with Gasteiger partial charge in [0.2, 0.25) is 0 Å². The fourth-order valence-corrected chi connectivity index (χ4v) is 2.22. The van der Waals surface area contributed by atoms with Crippen molar-refractivity contribution in [2.45, 2.75) is 20.3 Å². The van der Waals surface area contributed by atoms with Gasteiger partial charge in [-0.3, -0.25) is 0 Å². The second-order valence-electron chi connectivity index (χ2n) is 5.54. The zero-order chi connectivity index (χ0) is 16.5. The van der Waals surface area contributed by atoms with Crippen LogP contribution in [0.1, 0.15) is 16.7 Å². The molecule has 2 rings (SSSR count). The monoisotopic (exact) mass is 312 g/mol.